The fourth-order valence-corrected chi connectivity index (χ4v) is 2.33. The highest BCUT2D eigenvalue weighted by Gasteiger charge is 2.19. The van der Waals surface area contributed by atoms with E-state index in [4.69, 9.17) is 14.4 Å². The lowest BCUT2D eigenvalue weighted by molar-refractivity contribution is 0.414. The number of phenols is 1. The van der Waals surface area contributed by atoms with E-state index >= 15 is 0 Å². The van der Waals surface area contributed by atoms with E-state index in [0.29, 0.717) is 28.3 Å². The maximum atomic E-state index is 10.3. The summed E-state index contributed by atoms with van der Waals surface area (Å²) in [5, 5.41) is 22.1. The van der Waals surface area contributed by atoms with Crippen LogP contribution in [0.3, 0.4) is 0 Å². The zero-order chi connectivity index (χ0) is 15.7. The summed E-state index contributed by atoms with van der Waals surface area (Å²) in [4.78, 5) is 8.34. The number of nitrogens with zero attached hydrogens (tertiary/aromatic N) is 3. The predicted octanol–water partition coefficient (Wildman–Crippen LogP) is 2.81. The van der Waals surface area contributed by atoms with Gasteiger partial charge in [-0.05, 0) is 19.1 Å². The van der Waals surface area contributed by atoms with Gasteiger partial charge in [0.15, 0.2) is 6.19 Å². The Bertz CT molecular complexity index is 896. The molecule has 7 nitrogen and oxygen atoms in total. The van der Waals surface area contributed by atoms with Crippen LogP contribution in [0.4, 0.5) is 5.95 Å². The van der Waals surface area contributed by atoms with Gasteiger partial charge in [-0.1, -0.05) is 0 Å². The zero-order valence-corrected chi connectivity index (χ0v) is 11.9. The molecular weight excluding hydrogens is 284 g/mol. The van der Waals surface area contributed by atoms with Gasteiger partial charge in [-0.3, -0.25) is 5.32 Å². The molecule has 0 aliphatic carbocycles. The van der Waals surface area contributed by atoms with E-state index in [1.807, 2.05) is 0 Å². The van der Waals surface area contributed by atoms with Crippen LogP contribution in [-0.2, 0) is 0 Å². The number of aromatic hydroxyl groups is 1. The van der Waals surface area contributed by atoms with Crippen LogP contribution >= 0.6 is 0 Å². The lowest BCUT2D eigenvalue weighted by atomic mass is 10.1. The van der Waals surface area contributed by atoms with Gasteiger partial charge in [0.2, 0.25) is 5.95 Å². The number of benzene rings is 1. The number of methoxy groups -OCH3 is 1. The first-order valence-electron chi connectivity index (χ1n) is 6.42. The first-order chi connectivity index (χ1) is 10.6. The minimum Gasteiger partial charge on any atom is -0.507 e. The summed E-state index contributed by atoms with van der Waals surface area (Å²) < 4.78 is 10.7. The number of aryl methyl sites for hydroxylation is 1. The topological polar surface area (TPSA) is 104 Å². The molecule has 1 aromatic carbocycles. The minimum atomic E-state index is -0.0275. The first kappa shape index (κ1) is 13.7. The van der Waals surface area contributed by atoms with Crippen molar-refractivity contribution in [1.82, 2.24) is 9.97 Å². The van der Waals surface area contributed by atoms with Gasteiger partial charge in [-0.15, -0.1) is 0 Å². The standard InChI is InChI=1S/C15H12N4O3/c1-8-5-10(19-15(18-8)17-7-16)13-11(20)6-12-9(3-4-22-12)14(13)21-2/h3-6,20H,1-2H3,(H,17,18,19). The van der Waals surface area contributed by atoms with Crippen molar-refractivity contribution in [2.75, 3.05) is 12.4 Å². The number of anilines is 1. The number of aromatic nitrogens is 2. The molecule has 0 saturated carbocycles. The van der Waals surface area contributed by atoms with Crippen molar-refractivity contribution in [3.05, 3.63) is 30.2 Å². The van der Waals surface area contributed by atoms with Crippen LogP contribution in [0, 0.1) is 18.4 Å². The van der Waals surface area contributed by atoms with Crippen LogP contribution in [0.15, 0.2) is 28.9 Å². The summed E-state index contributed by atoms with van der Waals surface area (Å²) in [6.07, 6.45) is 3.29. The molecule has 0 saturated heterocycles. The SMILES string of the molecule is COc1c(-c2cc(C)nc(NC#N)n2)c(O)cc2occc12. The van der Waals surface area contributed by atoms with Crippen LogP contribution in [0.5, 0.6) is 11.5 Å². The van der Waals surface area contributed by atoms with E-state index in [2.05, 4.69) is 15.3 Å². The first-order valence-corrected chi connectivity index (χ1v) is 6.42. The van der Waals surface area contributed by atoms with Crippen molar-refractivity contribution in [3.8, 4) is 28.9 Å². The normalized spacial score (nSPS) is 10.4. The summed E-state index contributed by atoms with van der Waals surface area (Å²) in [5.74, 6) is 0.580. The fraction of sp³-hybridized carbons (Fsp3) is 0.133. The third-order valence-electron chi connectivity index (χ3n) is 3.17. The maximum Gasteiger partial charge on any atom is 0.236 e. The molecule has 3 rings (SSSR count). The van der Waals surface area contributed by atoms with E-state index in [9.17, 15) is 5.11 Å². The Labute approximate surface area is 125 Å². The van der Waals surface area contributed by atoms with Crippen LogP contribution in [0.25, 0.3) is 22.2 Å². The molecule has 0 spiro atoms. The van der Waals surface area contributed by atoms with Gasteiger partial charge in [0.1, 0.15) is 17.1 Å². The third-order valence-corrected chi connectivity index (χ3v) is 3.17. The molecule has 0 amide bonds. The molecule has 0 unspecified atom stereocenters. The third kappa shape index (κ3) is 2.16. The molecule has 2 heterocycles. The molecule has 7 heteroatoms. The van der Waals surface area contributed by atoms with E-state index in [1.54, 1.807) is 25.2 Å². The van der Waals surface area contributed by atoms with Crippen molar-refractivity contribution >= 4 is 16.9 Å². The molecule has 110 valence electrons. The largest absolute Gasteiger partial charge is 0.507 e. The second-order valence-corrected chi connectivity index (χ2v) is 4.59. The van der Waals surface area contributed by atoms with Crippen molar-refractivity contribution in [3.63, 3.8) is 0 Å². The molecule has 2 N–H and O–H groups in total. The minimum absolute atomic E-state index is 0.0275. The van der Waals surface area contributed by atoms with Crippen LogP contribution in [-0.4, -0.2) is 22.2 Å². The quantitative estimate of drug-likeness (QED) is 0.565. The van der Waals surface area contributed by atoms with Crippen LogP contribution in [0.1, 0.15) is 5.69 Å². The molecule has 0 radical (unpaired) electrons. The molecular formula is C15H12N4O3. The Balaban J connectivity index is 2.30. The van der Waals surface area contributed by atoms with Crippen molar-refractivity contribution in [2.24, 2.45) is 0 Å². The molecule has 22 heavy (non-hydrogen) atoms. The lowest BCUT2D eigenvalue weighted by Crippen LogP contribution is -2.00. The van der Waals surface area contributed by atoms with E-state index < -0.39 is 0 Å². The highest BCUT2D eigenvalue weighted by molar-refractivity contribution is 5.95. The van der Waals surface area contributed by atoms with Gasteiger partial charge in [0.05, 0.1) is 30.0 Å². The highest BCUT2D eigenvalue weighted by Crippen LogP contribution is 2.43. The number of nitriles is 1. The summed E-state index contributed by atoms with van der Waals surface area (Å²) in [6, 6.07) is 4.95. The Morgan fingerprint density at radius 2 is 2.18 bits per heavy atom. The Kier molecular flexibility index (Phi) is 3.27. The molecule has 0 aliphatic rings. The highest BCUT2D eigenvalue weighted by atomic mass is 16.5. The van der Waals surface area contributed by atoms with Gasteiger partial charge in [0, 0.05) is 11.8 Å². The number of hydrogen-bond donors (Lipinski definition) is 2. The van der Waals surface area contributed by atoms with E-state index in [-0.39, 0.29) is 11.7 Å². The number of nitrogens with one attached hydrogen (secondary N) is 1. The van der Waals surface area contributed by atoms with Crippen LogP contribution in [0.2, 0.25) is 0 Å². The number of rotatable bonds is 3. The van der Waals surface area contributed by atoms with E-state index in [0.717, 1.165) is 5.39 Å². The predicted molar refractivity (Wildman–Crippen MR) is 79.4 cm³/mol. The molecule has 3 aromatic rings. The summed E-state index contributed by atoms with van der Waals surface area (Å²) in [5.41, 5.74) is 2.03. The molecule has 0 fully saturated rings. The van der Waals surface area contributed by atoms with Crippen LogP contribution < -0.4 is 10.1 Å². The Hall–Kier alpha value is -3.27. The monoisotopic (exact) mass is 296 g/mol. The number of fused-ring (bicyclic) bond motifs is 1. The number of ether oxygens (including phenoxy) is 1. The van der Waals surface area contributed by atoms with Crippen molar-refractivity contribution in [2.45, 2.75) is 6.92 Å². The fourth-order valence-electron chi connectivity index (χ4n) is 2.33. The number of phenolic OH excluding ortho intramolecular Hbond substituents is 1. The number of furan rings is 1. The van der Waals surface area contributed by atoms with Gasteiger partial charge in [-0.2, -0.15) is 5.26 Å². The Morgan fingerprint density at radius 1 is 1.36 bits per heavy atom. The van der Waals surface area contributed by atoms with Gasteiger partial charge >= 0.3 is 0 Å². The zero-order valence-electron chi connectivity index (χ0n) is 11.9. The molecule has 2 aromatic heterocycles. The smallest absolute Gasteiger partial charge is 0.236 e. The second kappa shape index (κ2) is 5.26. The molecule has 0 atom stereocenters. The summed E-state index contributed by atoms with van der Waals surface area (Å²) >= 11 is 0. The van der Waals surface area contributed by atoms with Gasteiger partial charge < -0.3 is 14.3 Å². The summed E-state index contributed by atoms with van der Waals surface area (Å²) in [7, 11) is 1.51. The Morgan fingerprint density at radius 3 is 2.91 bits per heavy atom. The average Bonchev–Trinajstić information content (AvgIpc) is 2.93. The van der Waals surface area contributed by atoms with Crippen molar-refractivity contribution in [1.29, 1.82) is 5.26 Å². The molecule has 0 aliphatic heterocycles. The maximum absolute atomic E-state index is 10.3. The molecule has 0 bridgehead atoms. The van der Waals surface area contributed by atoms with E-state index in [1.165, 1.54) is 19.4 Å². The summed E-state index contributed by atoms with van der Waals surface area (Å²) in [6.45, 7) is 1.77. The second-order valence-electron chi connectivity index (χ2n) is 4.59. The number of hydrogen-bond acceptors (Lipinski definition) is 7. The van der Waals surface area contributed by atoms with Gasteiger partial charge in [-0.25, -0.2) is 9.97 Å². The van der Waals surface area contributed by atoms with Gasteiger partial charge in [0.25, 0.3) is 0 Å². The van der Waals surface area contributed by atoms with Crippen molar-refractivity contribution < 1.29 is 14.3 Å². The average molecular weight is 296 g/mol. The lowest BCUT2D eigenvalue weighted by Gasteiger charge is -2.12.